The molecule has 4 rings (SSSR count). The lowest BCUT2D eigenvalue weighted by atomic mass is 10.1. The smallest absolute Gasteiger partial charge is 0.263 e. The molecule has 0 bridgehead atoms. The van der Waals surface area contributed by atoms with E-state index in [1.54, 1.807) is 12.1 Å². The van der Waals surface area contributed by atoms with E-state index in [0.717, 1.165) is 0 Å². The minimum atomic E-state index is -0.985. The van der Waals surface area contributed by atoms with E-state index >= 15 is 0 Å². The number of imidazole rings is 1. The molecule has 0 spiro atoms. The summed E-state index contributed by atoms with van der Waals surface area (Å²) in [4.78, 5) is 17.6. The van der Waals surface area contributed by atoms with Crippen molar-refractivity contribution in [2.45, 2.75) is 6.10 Å². The van der Waals surface area contributed by atoms with Crippen molar-refractivity contribution in [2.75, 3.05) is 0 Å². The van der Waals surface area contributed by atoms with Crippen LogP contribution in [0.3, 0.4) is 0 Å². The summed E-state index contributed by atoms with van der Waals surface area (Å²) in [5.41, 5.74) is 2.60. The van der Waals surface area contributed by atoms with Gasteiger partial charge in [0.05, 0.1) is 11.0 Å². The summed E-state index contributed by atoms with van der Waals surface area (Å²) in [6, 6.07) is 25.7. The second kappa shape index (κ2) is 6.34. The number of benzene rings is 3. The monoisotopic (exact) mass is 328 g/mol. The number of nitrogens with zero attached hydrogens (tertiary/aromatic N) is 2. The maximum absolute atomic E-state index is 13.1. The Labute approximate surface area is 145 Å². The molecule has 1 heterocycles. The highest BCUT2D eigenvalue weighted by Gasteiger charge is 2.24. The van der Waals surface area contributed by atoms with Crippen LogP contribution in [0.15, 0.2) is 84.9 Å². The van der Waals surface area contributed by atoms with Crippen molar-refractivity contribution < 1.29 is 9.90 Å². The Bertz CT molecular complexity index is 1020. The van der Waals surface area contributed by atoms with Crippen LogP contribution in [0.25, 0.3) is 11.0 Å². The first-order valence-corrected chi connectivity index (χ1v) is 8.06. The summed E-state index contributed by atoms with van der Waals surface area (Å²) in [5.74, 6) is 0.112. The number of aliphatic hydroxyl groups excluding tert-OH is 1. The molecule has 0 unspecified atom stereocenters. The van der Waals surface area contributed by atoms with Gasteiger partial charge in [0.2, 0.25) is 0 Å². The molecule has 1 atom stereocenters. The van der Waals surface area contributed by atoms with E-state index in [1.807, 2.05) is 72.8 Å². The number of carbonyl (C=O) groups excluding carboxylic acids is 1. The fraction of sp³-hybridized carbons (Fsp3) is 0.0476. The molecule has 0 fully saturated rings. The van der Waals surface area contributed by atoms with Crippen LogP contribution in [0.5, 0.6) is 0 Å². The second-order valence-electron chi connectivity index (χ2n) is 5.78. The van der Waals surface area contributed by atoms with Crippen molar-refractivity contribution >= 4 is 16.9 Å². The van der Waals surface area contributed by atoms with Crippen molar-refractivity contribution in [1.82, 2.24) is 9.55 Å². The van der Waals surface area contributed by atoms with Gasteiger partial charge in [-0.25, -0.2) is 4.98 Å². The first kappa shape index (κ1) is 15.3. The predicted molar refractivity (Wildman–Crippen MR) is 96.4 cm³/mol. The number of aliphatic hydroxyl groups is 1. The zero-order valence-electron chi connectivity index (χ0n) is 13.4. The zero-order valence-corrected chi connectivity index (χ0v) is 13.4. The van der Waals surface area contributed by atoms with E-state index in [9.17, 15) is 9.90 Å². The van der Waals surface area contributed by atoms with Crippen LogP contribution in [-0.2, 0) is 0 Å². The standard InChI is InChI=1S/C21H16N2O2/c24-19(15-9-3-1-4-10-15)20-22-17-13-7-8-14-18(17)23(20)21(25)16-11-5-2-6-12-16/h1-14,19,24H/t19-/m1/s1. The molecule has 1 N–H and O–H groups in total. The van der Waals surface area contributed by atoms with Gasteiger partial charge in [-0.2, -0.15) is 0 Å². The summed E-state index contributed by atoms with van der Waals surface area (Å²) >= 11 is 0. The van der Waals surface area contributed by atoms with E-state index in [1.165, 1.54) is 4.57 Å². The minimum absolute atomic E-state index is 0.209. The quantitative estimate of drug-likeness (QED) is 0.622. The molecule has 25 heavy (non-hydrogen) atoms. The molecule has 0 amide bonds. The Kier molecular flexibility index (Phi) is 3.88. The van der Waals surface area contributed by atoms with Gasteiger partial charge in [-0.1, -0.05) is 60.7 Å². The molecule has 1 aromatic heterocycles. The first-order chi connectivity index (χ1) is 12.3. The average molecular weight is 328 g/mol. The van der Waals surface area contributed by atoms with Gasteiger partial charge in [0.15, 0.2) is 5.82 Å². The number of hydrogen-bond donors (Lipinski definition) is 1. The maximum Gasteiger partial charge on any atom is 0.263 e. The van der Waals surface area contributed by atoms with E-state index in [-0.39, 0.29) is 5.91 Å². The SMILES string of the molecule is O=C(c1ccccc1)n1c([C@H](O)c2ccccc2)nc2ccccc21. The molecule has 0 saturated heterocycles. The van der Waals surface area contributed by atoms with Gasteiger partial charge >= 0.3 is 0 Å². The van der Waals surface area contributed by atoms with Crippen LogP contribution in [-0.4, -0.2) is 20.6 Å². The van der Waals surface area contributed by atoms with Gasteiger partial charge in [0.1, 0.15) is 6.10 Å². The summed E-state index contributed by atoms with van der Waals surface area (Å²) in [5, 5.41) is 10.8. The fourth-order valence-electron chi connectivity index (χ4n) is 2.94. The molecule has 0 aliphatic rings. The molecule has 4 heteroatoms. The third-order valence-electron chi connectivity index (χ3n) is 4.17. The molecule has 0 aliphatic carbocycles. The van der Waals surface area contributed by atoms with Gasteiger partial charge in [-0.15, -0.1) is 0 Å². The number of carbonyl (C=O) groups is 1. The third-order valence-corrected chi connectivity index (χ3v) is 4.17. The van der Waals surface area contributed by atoms with Crippen LogP contribution >= 0.6 is 0 Å². The highest BCUT2D eigenvalue weighted by molar-refractivity contribution is 6.01. The number of rotatable bonds is 3. The van der Waals surface area contributed by atoms with Gasteiger partial charge in [0, 0.05) is 5.56 Å². The highest BCUT2D eigenvalue weighted by atomic mass is 16.3. The molecule has 122 valence electrons. The highest BCUT2D eigenvalue weighted by Crippen LogP contribution is 2.26. The van der Waals surface area contributed by atoms with Crippen LogP contribution in [0, 0.1) is 0 Å². The molecule has 4 nitrogen and oxygen atoms in total. The number of para-hydroxylation sites is 2. The summed E-state index contributed by atoms with van der Waals surface area (Å²) in [6.45, 7) is 0. The Morgan fingerprint density at radius 3 is 2.16 bits per heavy atom. The largest absolute Gasteiger partial charge is 0.380 e. The molecule has 0 aliphatic heterocycles. The average Bonchev–Trinajstić information content (AvgIpc) is 3.07. The molecular formula is C21H16N2O2. The molecule has 0 radical (unpaired) electrons. The van der Waals surface area contributed by atoms with Crippen LogP contribution in [0.1, 0.15) is 27.8 Å². The van der Waals surface area contributed by atoms with Gasteiger partial charge in [-0.05, 0) is 29.8 Å². The van der Waals surface area contributed by atoms with Crippen molar-refractivity contribution in [1.29, 1.82) is 0 Å². The van der Waals surface area contributed by atoms with Crippen LogP contribution < -0.4 is 0 Å². The van der Waals surface area contributed by atoms with E-state index < -0.39 is 6.10 Å². The zero-order chi connectivity index (χ0) is 17.2. The number of aromatic nitrogens is 2. The summed E-state index contributed by atoms with van der Waals surface area (Å²) in [6.07, 6.45) is -0.985. The lowest BCUT2D eigenvalue weighted by Gasteiger charge is -2.13. The predicted octanol–water partition coefficient (Wildman–Crippen LogP) is 3.81. The fourth-order valence-corrected chi connectivity index (χ4v) is 2.94. The number of fused-ring (bicyclic) bond motifs is 1. The lowest BCUT2D eigenvalue weighted by Crippen LogP contribution is -2.18. The Balaban J connectivity index is 1.91. The van der Waals surface area contributed by atoms with Gasteiger partial charge < -0.3 is 5.11 Å². The van der Waals surface area contributed by atoms with Crippen molar-refractivity contribution in [3.63, 3.8) is 0 Å². The topological polar surface area (TPSA) is 55.1 Å². The van der Waals surface area contributed by atoms with Crippen molar-refractivity contribution in [3.8, 4) is 0 Å². The van der Waals surface area contributed by atoms with Crippen molar-refractivity contribution in [2.24, 2.45) is 0 Å². The van der Waals surface area contributed by atoms with E-state index in [0.29, 0.717) is 28.0 Å². The van der Waals surface area contributed by atoms with Crippen LogP contribution in [0.2, 0.25) is 0 Å². The lowest BCUT2D eigenvalue weighted by molar-refractivity contribution is 0.0948. The third kappa shape index (κ3) is 2.73. The Morgan fingerprint density at radius 1 is 0.840 bits per heavy atom. The van der Waals surface area contributed by atoms with Gasteiger partial charge in [-0.3, -0.25) is 9.36 Å². The molecule has 0 saturated carbocycles. The summed E-state index contributed by atoms with van der Waals surface area (Å²) < 4.78 is 1.50. The van der Waals surface area contributed by atoms with Gasteiger partial charge in [0.25, 0.3) is 5.91 Å². The molecule has 4 aromatic rings. The Morgan fingerprint density at radius 2 is 1.44 bits per heavy atom. The minimum Gasteiger partial charge on any atom is -0.380 e. The number of hydrogen-bond acceptors (Lipinski definition) is 3. The normalized spacial score (nSPS) is 12.2. The van der Waals surface area contributed by atoms with E-state index in [4.69, 9.17) is 0 Å². The molecular weight excluding hydrogens is 312 g/mol. The second-order valence-corrected chi connectivity index (χ2v) is 5.78. The summed E-state index contributed by atoms with van der Waals surface area (Å²) in [7, 11) is 0. The van der Waals surface area contributed by atoms with Crippen LogP contribution in [0.4, 0.5) is 0 Å². The van der Waals surface area contributed by atoms with Crippen molar-refractivity contribution in [3.05, 3.63) is 102 Å². The molecule has 3 aromatic carbocycles. The van der Waals surface area contributed by atoms with E-state index in [2.05, 4.69) is 4.98 Å². The first-order valence-electron chi connectivity index (χ1n) is 8.06. The Hall–Kier alpha value is -3.24. The maximum atomic E-state index is 13.1.